The molecule has 4 rings (SSSR count). The summed E-state index contributed by atoms with van der Waals surface area (Å²) in [7, 11) is -2.75. The van der Waals surface area contributed by atoms with Crippen LogP contribution in [0.3, 0.4) is 0 Å². The van der Waals surface area contributed by atoms with Crippen molar-refractivity contribution < 1.29 is 27.7 Å². The Kier molecular flexibility index (Phi) is 5.83. The summed E-state index contributed by atoms with van der Waals surface area (Å²) in [4.78, 5) is 37.9. The van der Waals surface area contributed by atoms with Crippen molar-refractivity contribution in [2.75, 3.05) is 7.05 Å². The van der Waals surface area contributed by atoms with Gasteiger partial charge in [-0.05, 0) is 43.7 Å². The van der Waals surface area contributed by atoms with E-state index < -0.39 is 21.8 Å². The summed E-state index contributed by atoms with van der Waals surface area (Å²) in [5, 5.41) is 5.01. The van der Waals surface area contributed by atoms with Gasteiger partial charge in [0.25, 0.3) is 0 Å². The standard InChI is InChI=1S/C22H20N4O6S/c1-14-6-4-5-7-19(14)26-20(33(29,30)18-9-8-15(2)23-13-18)12-17(24-26)10-16-11-21(27)31-25(3)32-22(16)28/h4-9,11-13H,10H2,1-3H3. The molecule has 0 amide bonds. The maximum Gasteiger partial charge on any atom is 0.357 e. The number of pyridine rings is 1. The van der Waals surface area contributed by atoms with Crippen molar-refractivity contribution in [2.24, 2.45) is 0 Å². The number of para-hydroxylation sites is 1. The average Bonchev–Trinajstić information content (AvgIpc) is 3.13. The molecule has 0 bridgehead atoms. The highest BCUT2D eigenvalue weighted by molar-refractivity contribution is 7.91. The molecule has 1 aromatic carbocycles. The molecule has 3 heterocycles. The third kappa shape index (κ3) is 4.54. The van der Waals surface area contributed by atoms with Crippen molar-refractivity contribution in [1.29, 1.82) is 0 Å². The van der Waals surface area contributed by atoms with Gasteiger partial charge < -0.3 is 9.68 Å². The first kappa shape index (κ1) is 22.4. The van der Waals surface area contributed by atoms with E-state index in [-0.39, 0.29) is 27.6 Å². The highest BCUT2D eigenvalue weighted by Crippen LogP contribution is 2.27. The maximum absolute atomic E-state index is 13.5. The second kappa shape index (κ2) is 8.60. The number of hydroxylamine groups is 2. The topological polar surface area (TPSA) is 121 Å². The quantitative estimate of drug-likeness (QED) is 0.554. The largest absolute Gasteiger partial charge is 0.357 e. The van der Waals surface area contributed by atoms with Crippen molar-refractivity contribution in [1.82, 2.24) is 20.0 Å². The highest BCUT2D eigenvalue weighted by Gasteiger charge is 2.28. The summed E-state index contributed by atoms with van der Waals surface area (Å²) in [6.45, 7) is 3.59. The molecule has 3 aromatic rings. The summed E-state index contributed by atoms with van der Waals surface area (Å²) in [6.07, 6.45) is 2.14. The van der Waals surface area contributed by atoms with Crippen LogP contribution in [0.4, 0.5) is 0 Å². The normalized spacial score (nSPS) is 14.9. The Balaban J connectivity index is 1.83. The lowest BCUT2D eigenvalue weighted by atomic mass is 10.1. The smallest absolute Gasteiger partial charge is 0.329 e. The first-order chi connectivity index (χ1) is 15.6. The van der Waals surface area contributed by atoms with Gasteiger partial charge in [-0.15, -0.1) is 0 Å². The molecular weight excluding hydrogens is 448 g/mol. The fourth-order valence-electron chi connectivity index (χ4n) is 3.26. The number of carbonyl (C=O) groups excluding carboxylic acids is 2. The number of aryl methyl sites for hydroxylation is 2. The molecule has 0 fully saturated rings. The second-order valence-electron chi connectivity index (χ2n) is 7.39. The lowest BCUT2D eigenvalue weighted by Gasteiger charge is -2.11. The molecule has 0 saturated carbocycles. The predicted molar refractivity (Wildman–Crippen MR) is 114 cm³/mol. The monoisotopic (exact) mass is 468 g/mol. The summed E-state index contributed by atoms with van der Waals surface area (Å²) in [5.74, 6) is -1.60. The van der Waals surface area contributed by atoms with Gasteiger partial charge in [0.05, 0.1) is 28.9 Å². The first-order valence-corrected chi connectivity index (χ1v) is 11.3. The van der Waals surface area contributed by atoms with Crippen LogP contribution < -0.4 is 0 Å². The van der Waals surface area contributed by atoms with Gasteiger partial charge in [0, 0.05) is 29.6 Å². The minimum atomic E-state index is -4.01. The molecule has 11 heteroatoms. The number of rotatable bonds is 5. The number of hydrogen-bond donors (Lipinski definition) is 0. The number of hydrogen-bond acceptors (Lipinski definition) is 9. The molecule has 0 N–H and O–H groups in total. The Labute approximate surface area is 189 Å². The molecule has 170 valence electrons. The summed E-state index contributed by atoms with van der Waals surface area (Å²) >= 11 is 0. The maximum atomic E-state index is 13.5. The minimum absolute atomic E-state index is 0.00711. The van der Waals surface area contributed by atoms with Gasteiger partial charge in [0.15, 0.2) is 5.03 Å². The number of sulfone groups is 1. The van der Waals surface area contributed by atoms with Gasteiger partial charge in [0.1, 0.15) is 0 Å². The van der Waals surface area contributed by atoms with E-state index in [9.17, 15) is 18.0 Å². The minimum Gasteiger partial charge on any atom is -0.329 e. The predicted octanol–water partition coefficient (Wildman–Crippen LogP) is 2.05. The Morgan fingerprint density at radius 1 is 1.03 bits per heavy atom. The molecule has 33 heavy (non-hydrogen) atoms. The number of aromatic nitrogens is 3. The molecule has 0 saturated heterocycles. The lowest BCUT2D eigenvalue weighted by molar-refractivity contribution is -0.304. The van der Waals surface area contributed by atoms with Crippen molar-refractivity contribution in [3.8, 4) is 5.69 Å². The van der Waals surface area contributed by atoms with Crippen LogP contribution in [0.1, 0.15) is 17.0 Å². The Bertz CT molecular complexity index is 1380. The van der Waals surface area contributed by atoms with Gasteiger partial charge in [-0.25, -0.2) is 22.7 Å². The fourth-order valence-corrected chi connectivity index (χ4v) is 4.60. The molecule has 2 aromatic heterocycles. The van der Waals surface area contributed by atoms with Gasteiger partial charge in [-0.1, -0.05) is 18.2 Å². The highest BCUT2D eigenvalue weighted by atomic mass is 32.2. The molecule has 0 unspecified atom stereocenters. The number of nitrogens with zero attached hydrogens (tertiary/aromatic N) is 4. The van der Waals surface area contributed by atoms with E-state index in [1.54, 1.807) is 25.1 Å². The SMILES string of the molecule is Cc1ccc(S(=O)(=O)c2cc(CC3=CC(=O)ON(C)OC3=O)nn2-c2ccccc2C)cn1. The molecule has 0 aliphatic carbocycles. The third-order valence-electron chi connectivity index (χ3n) is 4.90. The van der Waals surface area contributed by atoms with Crippen LogP contribution in [0.5, 0.6) is 0 Å². The van der Waals surface area contributed by atoms with Gasteiger partial charge >= 0.3 is 11.9 Å². The Morgan fingerprint density at radius 2 is 1.79 bits per heavy atom. The molecule has 0 spiro atoms. The van der Waals surface area contributed by atoms with Crippen molar-refractivity contribution in [3.05, 3.63) is 77.3 Å². The van der Waals surface area contributed by atoms with Crippen molar-refractivity contribution in [3.63, 3.8) is 0 Å². The van der Waals surface area contributed by atoms with E-state index >= 15 is 0 Å². The Morgan fingerprint density at radius 3 is 2.48 bits per heavy atom. The molecule has 1 aliphatic heterocycles. The summed E-state index contributed by atoms with van der Waals surface area (Å²) in [5.41, 5.74) is 2.25. The summed E-state index contributed by atoms with van der Waals surface area (Å²) in [6, 6.07) is 11.6. The molecule has 0 atom stereocenters. The van der Waals surface area contributed by atoms with E-state index in [0.717, 1.165) is 11.6 Å². The second-order valence-corrected chi connectivity index (χ2v) is 9.28. The lowest BCUT2D eigenvalue weighted by Crippen LogP contribution is -2.23. The van der Waals surface area contributed by atoms with Crippen molar-refractivity contribution >= 4 is 21.8 Å². The molecule has 0 radical (unpaired) electrons. The van der Waals surface area contributed by atoms with Crippen molar-refractivity contribution in [2.45, 2.75) is 30.2 Å². The van der Waals surface area contributed by atoms with Crippen LogP contribution in [0.2, 0.25) is 0 Å². The fraction of sp³-hybridized carbons (Fsp3) is 0.182. The molecular formula is C22H20N4O6S. The number of carbonyl (C=O) groups is 2. The van der Waals surface area contributed by atoms with Crippen LogP contribution in [-0.2, 0) is 35.5 Å². The van der Waals surface area contributed by atoms with Crippen LogP contribution in [-0.4, -0.2) is 47.4 Å². The molecule has 10 nitrogen and oxygen atoms in total. The first-order valence-electron chi connectivity index (χ1n) is 9.86. The van der Waals surface area contributed by atoms with E-state index in [4.69, 9.17) is 9.68 Å². The van der Waals surface area contributed by atoms with E-state index in [1.807, 2.05) is 19.1 Å². The average molecular weight is 468 g/mol. The van der Waals surface area contributed by atoms with E-state index in [0.29, 0.717) is 16.6 Å². The summed E-state index contributed by atoms with van der Waals surface area (Å²) < 4.78 is 28.3. The van der Waals surface area contributed by atoms with Crippen LogP contribution in [0, 0.1) is 13.8 Å². The van der Waals surface area contributed by atoms with Crippen LogP contribution in [0.15, 0.2) is 70.2 Å². The zero-order valence-corrected chi connectivity index (χ0v) is 18.9. The van der Waals surface area contributed by atoms with Crippen LogP contribution in [0.25, 0.3) is 5.69 Å². The van der Waals surface area contributed by atoms with Crippen LogP contribution >= 0.6 is 0 Å². The van der Waals surface area contributed by atoms with E-state index in [2.05, 4.69) is 10.1 Å². The number of benzene rings is 1. The zero-order chi connectivity index (χ0) is 23.8. The third-order valence-corrected chi connectivity index (χ3v) is 6.60. The zero-order valence-electron chi connectivity index (χ0n) is 18.0. The molecule has 1 aliphatic rings. The van der Waals surface area contributed by atoms with E-state index in [1.165, 1.54) is 30.1 Å². The van der Waals surface area contributed by atoms with Gasteiger partial charge in [-0.3, -0.25) is 4.98 Å². The Hall–Kier alpha value is -3.83. The van der Waals surface area contributed by atoms with Gasteiger partial charge in [-0.2, -0.15) is 5.10 Å². The van der Waals surface area contributed by atoms with Gasteiger partial charge in [0.2, 0.25) is 9.84 Å².